The molecule has 1 aromatic heterocycles. The van der Waals surface area contributed by atoms with E-state index in [1.54, 1.807) is 45.2 Å². The number of carbonyl (C=O) groups excluding carboxylic acids is 3. The van der Waals surface area contributed by atoms with Crippen molar-refractivity contribution in [3.05, 3.63) is 58.1 Å². The van der Waals surface area contributed by atoms with Crippen LogP contribution in [0, 0.1) is 13.8 Å². The van der Waals surface area contributed by atoms with Crippen LogP contribution < -0.4 is 14.8 Å². The van der Waals surface area contributed by atoms with Crippen molar-refractivity contribution in [2.75, 3.05) is 33.3 Å². The van der Waals surface area contributed by atoms with Crippen molar-refractivity contribution >= 4 is 34.9 Å². The minimum atomic E-state index is -0.656. The Balaban J connectivity index is 1.67. The summed E-state index contributed by atoms with van der Waals surface area (Å²) >= 11 is 1.15. The number of anilines is 1. The van der Waals surface area contributed by atoms with Crippen LogP contribution in [0.15, 0.2) is 36.4 Å². The molecule has 0 unspecified atom stereocenters. The quantitative estimate of drug-likeness (QED) is 0.477. The molecule has 2 aromatic carbocycles. The van der Waals surface area contributed by atoms with Gasteiger partial charge in [-0.05, 0) is 49.7 Å². The number of benzene rings is 2. The van der Waals surface area contributed by atoms with Gasteiger partial charge in [0.05, 0.1) is 32.6 Å². The summed E-state index contributed by atoms with van der Waals surface area (Å²) in [5.74, 6) is -0.594. The summed E-state index contributed by atoms with van der Waals surface area (Å²) in [5, 5.41) is 3.25. The first-order valence-electron chi connectivity index (χ1n) is 10.1. The number of thiazole rings is 1. The second-order valence-corrected chi connectivity index (χ2v) is 8.15. The third kappa shape index (κ3) is 5.52. The van der Waals surface area contributed by atoms with Gasteiger partial charge in [0.1, 0.15) is 9.88 Å². The number of carbonyl (C=O) groups is 3. The Morgan fingerprint density at radius 3 is 2.35 bits per heavy atom. The van der Waals surface area contributed by atoms with Gasteiger partial charge in [-0.15, -0.1) is 11.3 Å². The zero-order valence-corrected chi connectivity index (χ0v) is 20.2. The van der Waals surface area contributed by atoms with Crippen LogP contribution in [-0.2, 0) is 14.3 Å². The maximum atomic E-state index is 12.6. The van der Waals surface area contributed by atoms with E-state index in [-0.39, 0.29) is 0 Å². The zero-order valence-electron chi connectivity index (χ0n) is 19.4. The number of aryl methyl sites for hydroxylation is 2. The molecule has 3 aromatic rings. The number of esters is 2. The molecule has 0 bridgehead atoms. The zero-order chi connectivity index (χ0) is 24.8. The number of methoxy groups -OCH3 is 3. The first-order valence-corrected chi connectivity index (χ1v) is 10.9. The Hall–Kier alpha value is -3.92. The highest BCUT2D eigenvalue weighted by Gasteiger charge is 2.20. The van der Waals surface area contributed by atoms with Crippen LogP contribution in [0.3, 0.4) is 0 Å². The predicted octanol–water partition coefficient (Wildman–Crippen LogP) is 4.03. The number of aromatic nitrogens is 1. The molecule has 178 valence electrons. The van der Waals surface area contributed by atoms with E-state index in [1.807, 2.05) is 6.07 Å². The van der Waals surface area contributed by atoms with E-state index in [2.05, 4.69) is 10.3 Å². The summed E-state index contributed by atoms with van der Waals surface area (Å²) < 4.78 is 20.5. The summed E-state index contributed by atoms with van der Waals surface area (Å²) in [7, 11) is 4.36. The Kier molecular flexibility index (Phi) is 7.85. The monoisotopic (exact) mass is 484 g/mol. The van der Waals surface area contributed by atoms with Crippen LogP contribution in [0.5, 0.6) is 11.5 Å². The van der Waals surface area contributed by atoms with Crippen LogP contribution in [0.1, 0.15) is 31.3 Å². The number of rotatable bonds is 8. The van der Waals surface area contributed by atoms with E-state index in [9.17, 15) is 14.4 Å². The van der Waals surface area contributed by atoms with Crippen molar-refractivity contribution in [2.45, 2.75) is 13.8 Å². The number of nitrogens with zero attached hydrogens (tertiary/aromatic N) is 1. The standard InChI is InChI=1S/C24H24N2O7S/c1-13-6-7-16(23(28)32-5)10-17(13)26-20(27)12-33-24(29)21-14(2)25-22(34-21)15-8-9-18(30-3)19(11-15)31-4/h6-11H,12H2,1-5H3,(H,26,27). The first kappa shape index (κ1) is 24.7. The van der Waals surface area contributed by atoms with E-state index in [0.29, 0.717) is 38.3 Å². The van der Waals surface area contributed by atoms with Crippen LogP contribution in [0.4, 0.5) is 5.69 Å². The Morgan fingerprint density at radius 2 is 1.68 bits per heavy atom. The van der Waals surface area contributed by atoms with Crippen molar-refractivity contribution in [1.82, 2.24) is 4.98 Å². The topological polar surface area (TPSA) is 113 Å². The Bertz CT molecular complexity index is 1240. The Labute approximate surface area is 200 Å². The molecule has 0 atom stereocenters. The smallest absolute Gasteiger partial charge is 0.350 e. The molecular formula is C24H24N2O7S. The number of ether oxygens (including phenoxy) is 4. The fourth-order valence-electron chi connectivity index (χ4n) is 3.06. The average Bonchev–Trinajstić information content (AvgIpc) is 3.24. The van der Waals surface area contributed by atoms with Crippen molar-refractivity contribution in [3.8, 4) is 22.1 Å². The molecule has 0 saturated carbocycles. The fraction of sp³-hybridized carbons (Fsp3) is 0.250. The molecule has 1 heterocycles. The lowest BCUT2D eigenvalue weighted by atomic mass is 10.1. The molecule has 9 nitrogen and oxygen atoms in total. The van der Waals surface area contributed by atoms with Gasteiger partial charge in [0, 0.05) is 11.3 Å². The molecule has 34 heavy (non-hydrogen) atoms. The van der Waals surface area contributed by atoms with Crippen molar-refractivity contribution in [2.24, 2.45) is 0 Å². The molecule has 1 N–H and O–H groups in total. The lowest BCUT2D eigenvalue weighted by molar-refractivity contribution is -0.119. The molecule has 0 fully saturated rings. The van der Waals surface area contributed by atoms with Crippen LogP contribution >= 0.6 is 11.3 Å². The number of amides is 1. The van der Waals surface area contributed by atoms with Gasteiger partial charge in [-0.1, -0.05) is 6.07 Å². The lowest BCUT2D eigenvalue weighted by Gasteiger charge is -2.10. The highest BCUT2D eigenvalue weighted by Crippen LogP contribution is 2.35. The summed E-state index contributed by atoms with van der Waals surface area (Å²) in [6.07, 6.45) is 0. The lowest BCUT2D eigenvalue weighted by Crippen LogP contribution is -2.21. The minimum absolute atomic E-state index is 0.293. The van der Waals surface area contributed by atoms with E-state index in [0.717, 1.165) is 22.5 Å². The third-order valence-electron chi connectivity index (χ3n) is 4.88. The van der Waals surface area contributed by atoms with Crippen LogP contribution in [0.25, 0.3) is 10.6 Å². The van der Waals surface area contributed by atoms with Gasteiger partial charge in [-0.25, -0.2) is 14.6 Å². The molecule has 1 amide bonds. The van der Waals surface area contributed by atoms with Gasteiger partial charge in [0.2, 0.25) is 0 Å². The van der Waals surface area contributed by atoms with E-state index in [4.69, 9.17) is 18.9 Å². The largest absolute Gasteiger partial charge is 0.493 e. The SMILES string of the molecule is COC(=O)c1ccc(C)c(NC(=O)COC(=O)c2sc(-c3ccc(OC)c(OC)c3)nc2C)c1. The summed E-state index contributed by atoms with van der Waals surface area (Å²) in [6, 6.07) is 10.1. The highest BCUT2D eigenvalue weighted by molar-refractivity contribution is 7.17. The summed E-state index contributed by atoms with van der Waals surface area (Å²) in [4.78, 5) is 41.4. The maximum absolute atomic E-state index is 12.6. The second kappa shape index (κ2) is 10.8. The van der Waals surface area contributed by atoms with Crippen LogP contribution in [-0.4, -0.2) is 50.8 Å². The highest BCUT2D eigenvalue weighted by atomic mass is 32.1. The minimum Gasteiger partial charge on any atom is -0.493 e. The van der Waals surface area contributed by atoms with E-state index < -0.39 is 24.5 Å². The van der Waals surface area contributed by atoms with Crippen LogP contribution in [0.2, 0.25) is 0 Å². The molecule has 0 spiro atoms. The molecule has 0 aliphatic heterocycles. The molecular weight excluding hydrogens is 460 g/mol. The third-order valence-corrected chi connectivity index (χ3v) is 6.07. The van der Waals surface area contributed by atoms with Gasteiger partial charge in [-0.3, -0.25) is 4.79 Å². The first-order chi connectivity index (χ1) is 16.3. The molecule has 0 aliphatic rings. The summed E-state index contributed by atoms with van der Waals surface area (Å²) in [5.41, 5.74) is 2.70. The van der Waals surface area contributed by atoms with Gasteiger partial charge in [0.25, 0.3) is 5.91 Å². The number of hydrogen-bond acceptors (Lipinski definition) is 9. The molecule has 3 rings (SSSR count). The molecule has 0 radical (unpaired) electrons. The van der Waals surface area contributed by atoms with E-state index >= 15 is 0 Å². The van der Waals surface area contributed by atoms with Crippen molar-refractivity contribution in [3.63, 3.8) is 0 Å². The summed E-state index contributed by atoms with van der Waals surface area (Å²) in [6.45, 7) is 2.97. The van der Waals surface area contributed by atoms with E-state index in [1.165, 1.54) is 20.3 Å². The predicted molar refractivity (Wildman–Crippen MR) is 127 cm³/mol. The molecule has 0 aliphatic carbocycles. The van der Waals surface area contributed by atoms with Gasteiger partial charge in [0.15, 0.2) is 18.1 Å². The molecule has 0 saturated heterocycles. The van der Waals surface area contributed by atoms with Gasteiger partial charge < -0.3 is 24.3 Å². The average molecular weight is 485 g/mol. The fourth-order valence-corrected chi connectivity index (χ4v) is 4.02. The maximum Gasteiger partial charge on any atom is 0.350 e. The normalized spacial score (nSPS) is 10.4. The molecule has 10 heteroatoms. The number of hydrogen-bond donors (Lipinski definition) is 1. The van der Waals surface area contributed by atoms with Crippen molar-refractivity contribution < 1.29 is 33.3 Å². The Morgan fingerprint density at radius 1 is 0.941 bits per heavy atom. The van der Waals surface area contributed by atoms with Crippen molar-refractivity contribution in [1.29, 1.82) is 0 Å². The number of nitrogens with one attached hydrogen (secondary N) is 1. The second-order valence-electron chi connectivity index (χ2n) is 7.15. The van der Waals surface area contributed by atoms with Gasteiger partial charge >= 0.3 is 11.9 Å². The van der Waals surface area contributed by atoms with Gasteiger partial charge in [-0.2, -0.15) is 0 Å².